The minimum absolute atomic E-state index is 0.0557. The van der Waals surface area contributed by atoms with Gasteiger partial charge in [0, 0.05) is 26.4 Å². The number of nitrogens with one attached hydrogen (secondary N) is 1. The summed E-state index contributed by atoms with van der Waals surface area (Å²) in [5.74, 6) is 0.373. The minimum Gasteiger partial charge on any atom is -0.369 e. The molecule has 1 aromatic rings. The van der Waals surface area contributed by atoms with Crippen LogP contribution in [-0.4, -0.2) is 39.0 Å². The van der Waals surface area contributed by atoms with Crippen LogP contribution in [-0.2, 0) is 4.79 Å². The number of rotatable bonds is 4. The number of anilines is 1. The van der Waals surface area contributed by atoms with E-state index in [0.29, 0.717) is 29.4 Å². The molecule has 0 spiro atoms. The Labute approximate surface area is 142 Å². The van der Waals surface area contributed by atoms with Crippen molar-refractivity contribution in [3.8, 4) is 6.07 Å². The van der Waals surface area contributed by atoms with E-state index in [1.165, 1.54) is 0 Å². The van der Waals surface area contributed by atoms with Crippen LogP contribution >= 0.6 is 0 Å². The first-order valence-corrected chi connectivity index (χ1v) is 8.04. The highest BCUT2D eigenvalue weighted by Crippen LogP contribution is 2.42. The Morgan fingerprint density at radius 3 is 2.79 bits per heavy atom. The van der Waals surface area contributed by atoms with E-state index in [1.807, 2.05) is 6.07 Å². The average Bonchev–Trinajstić information content (AvgIpc) is 2.60. The Hall–Kier alpha value is -2.68. The number of amides is 1. The number of carbonyl (C=O) groups excluding carboxylic acids is 1. The summed E-state index contributed by atoms with van der Waals surface area (Å²) in [7, 11) is 1.67. The molecule has 2 atom stereocenters. The van der Waals surface area contributed by atoms with Crippen LogP contribution in [0.3, 0.4) is 0 Å². The number of aliphatic imine (C=N–C) groups is 2. The third kappa shape index (κ3) is 3.46. The molecule has 6 nitrogen and oxygen atoms in total. The van der Waals surface area contributed by atoms with Crippen LogP contribution in [0.5, 0.6) is 0 Å². The third-order valence-corrected chi connectivity index (χ3v) is 4.28. The Balaban J connectivity index is 2.47. The van der Waals surface area contributed by atoms with Crippen LogP contribution < -0.4 is 10.2 Å². The molecule has 0 saturated carbocycles. The lowest BCUT2D eigenvalue weighted by atomic mass is 9.89. The fraction of sp³-hybridized carbons (Fsp3) is 0.444. The van der Waals surface area contributed by atoms with E-state index in [4.69, 9.17) is 0 Å². The Bertz CT molecular complexity index is 704. The van der Waals surface area contributed by atoms with Crippen molar-refractivity contribution < 1.29 is 4.79 Å². The summed E-state index contributed by atoms with van der Waals surface area (Å²) in [6.07, 6.45) is 2.50. The summed E-state index contributed by atoms with van der Waals surface area (Å²) in [5, 5.41) is 12.0. The van der Waals surface area contributed by atoms with Crippen LogP contribution in [0.1, 0.15) is 25.8 Å². The first-order chi connectivity index (χ1) is 11.5. The second-order valence-corrected chi connectivity index (χ2v) is 6.04. The molecule has 1 aliphatic rings. The van der Waals surface area contributed by atoms with Gasteiger partial charge in [0.15, 0.2) is 0 Å². The molecule has 6 heteroatoms. The molecule has 1 amide bonds. The number of hydrogen-bond donors (Lipinski definition) is 1. The van der Waals surface area contributed by atoms with Crippen molar-refractivity contribution in [3.05, 3.63) is 17.7 Å². The van der Waals surface area contributed by atoms with Crippen LogP contribution in [0.25, 0.3) is 0 Å². The largest absolute Gasteiger partial charge is 0.369 e. The summed E-state index contributed by atoms with van der Waals surface area (Å²) >= 11 is 0. The van der Waals surface area contributed by atoms with E-state index < -0.39 is 0 Å². The zero-order valence-electron chi connectivity index (χ0n) is 14.4. The molecule has 1 saturated heterocycles. The Morgan fingerprint density at radius 1 is 1.46 bits per heavy atom. The summed E-state index contributed by atoms with van der Waals surface area (Å²) < 4.78 is 0. The van der Waals surface area contributed by atoms with Crippen LogP contribution in [0.2, 0.25) is 0 Å². The summed E-state index contributed by atoms with van der Waals surface area (Å²) in [6, 6.07) is 5.77. The molecule has 1 fully saturated rings. The molecular formula is C18H23N5O. The van der Waals surface area contributed by atoms with E-state index in [-0.39, 0.29) is 11.8 Å². The first-order valence-electron chi connectivity index (χ1n) is 8.04. The zero-order chi connectivity index (χ0) is 17.7. The molecule has 1 aromatic carbocycles. The van der Waals surface area contributed by atoms with Gasteiger partial charge in [0.05, 0.1) is 17.2 Å². The van der Waals surface area contributed by atoms with Gasteiger partial charge in [-0.2, -0.15) is 5.26 Å². The maximum atomic E-state index is 12.1. The Morgan fingerprint density at radius 2 is 2.21 bits per heavy atom. The molecule has 24 heavy (non-hydrogen) atoms. The number of nitriles is 1. The summed E-state index contributed by atoms with van der Waals surface area (Å²) in [4.78, 5) is 22.7. The molecule has 126 valence electrons. The van der Waals surface area contributed by atoms with Gasteiger partial charge in [0.1, 0.15) is 17.4 Å². The van der Waals surface area contributed by atoms with Gasteiger partial charge in [0.2, 0.25) is 5.91 Å². The topological polar surface area (TPSA) is 80.9 Å². The lowest BCUT2D eigenvalue weighted by Gasteiger charge is -2.37. The van der Waals surface area contributed by atoms with Gasteiger partial charge >= 0.3 is 0 Å². The SMILES string of the molecule is C=Nc1c(N2CC(C)CC(C(=O)NC)C2)ccc(C#N)c1N=CC. The molecular weight excluding hydrogens is 302 g/mol. The van der Waals surface area contributed by atoms with Crippen LogP contribution in [0, 0.1) is 23.2 Å². The van der Waals surface area contributed by atoms with E-state index in [2.05, 4.69) is 39.9 Å². The Kier molecular flexibility index (Phi) is 5.69. The predicted molar refractivity (Wildman–Crippen MR) is 97.7 cm³/mol. The highest BCUT2D eigenvalue weighted by molar-refractivity contribution is 5.87. The minimum atomic E-state index is -0.0646. The molecule has 2 rings (SSSR count). The normalized spacial score (nSPS) is 20.7. The molecule has 2 unspecified atom stereocenters. The monoisotopic (exact) mass is 325 g/mol. The van der Waals surface area contributed by atoms with Gasteiger partial charge in [-0.05, 0) is 38.1 Å². The van der Waals surface area contributed by atoms with Crippen molar-refractivity contribution in [1.29, 1.82) is 5.26 Å². The van der Waals surface area contributed by atoms with Crippen molar-refractivity contribution in [1.82, 2.24) is 5.32 Å². The number of nitrogens with zero attached hydrogens (tertiary/aromatic N) is 4. The van der Waals surface area contributed by atoms with Crippen molar-refractivity contribution in [2.45, 2.75) is 20.3 Å². The molecule has 0 aliphatic carbocycles. The summed E-state index contributed by atoms with van der Waals surface area (Å²) in [5.41, 5.74) is 2.45. The standard InChI is InChI=1S/C18H23N5O/c1-5-22-16-13(9-19)6-7-15(17(16)20-3)23-10-12(2)8-14(11-23)18(24)21-4/h5-7,12,14H,3,8,10-11H2,1-2,4H3,(H,21,24). The lowest BCUT2D eigenvalue weighted by molar-refractivity contribution is -0.125. The van der Waals surface area contributed by atoms with E-state index in [0.717, 1.165) is 18.7 Å². The smallest absolute Gasteiger partial charge is 0.224 e. The molecule has 0 aromatic heterocycles. The lowest BCUT2D eigenvalue weighted by Crippen LogP contribution is -2.45. The van der Waals surface area contributed by atoms with Gasteiger partial charge in [-0.3, -0.25) is 14.8 Å². The van der Waals surface area contributed by atoms with Crippen LogP contribution in [0.4, 0.5) is 17.1 Å². The second kappa shape index (κ2) is 7.73. The van der Waals surface area contributed by atoms with E-state index in [9.17, 15) is 10.1 Å². The van der Waals surface area contributed by atoms with Crippen molar-refractivity contribution >= 4 is 35.9 Å². The quantitative estimate of drug-likeness (QED) is 0.864. The van der Waals surface area contributed by atoms with Gasteiger partial charge < -0.3 is 10.2 Å². The molecule has 1 heterocycles. The molecule has 1 N–H and O–H groups in total. The van der Waals surface area contributed by atoms with Crippen molar-refractivity contribution in [2.24, 2.45) is 21.8 Å². The first kappa shape index (κ1) is 17.7. The number of carbonyl (C=O) groups is 1. The van der Waals surface area contributed by atoms with Crippen molar-refractivity contribution in [3.63, 3.8) is 0 Å². The second-order valence-electron chi connectivity index (χ2n) is 6.04. The van der Waals surface area contributed by atoms with Gasteiger partial charge in [-0.25, -0.2) is 0 Å². The highest BCUT2D eigenvalue weighted by Gasteiger charge is 2.30. The molecule has 0 bridgehead atoms. The van der Waals surface area contributed by atoms with Crippen LogP contribution in [0.15, 0.2) is 22.1 Å². The number of hydrogen-bond acceptors (Lipinski definition) is 5. The van der Waals surface area contributed by atoms with Crippen molar-refractivity contribution in [2.75, 3.05) is 25.0 Å². The van der Waals surface area contributed by atoms with Gasteiger partial charge in [-0.15, -0.1) is 0 Å². The van der Waals surface area contributed by atoms with E-state index in [1.54, 1.807) is 26.3 Å². The average molecular weight is 325 g/mol. The fourth-order valence-corrected chi connectivity index (χ4v) is 3.27. The fourth-order valence-electron chi connectivity index (χ4n) is 3.27. The third-order valence-electron chi connectivity index (χ3n) is 4.28. The maximum Gasteiger partial charge on any atom is 0.224 e. The zero-order valence-corrected chi connectivity index (χ0v) is 14.4. The molecule has 0 radical (unpaired) electrons. The summed E-state index contributed by atoms with van der Waals surface area (Å²) in [6.45, 7) is 9.04. The maximum absolute atomic E-state index is 12.1. The molecule has 1 aliphatic heterocycles. The van der Waals surface area contributed by atoms with Gasteiger partial charge in [0.25, 0.3) is 0 Å². The number of piperidine rings is 1. The van der Waals surface area contributed by atoms with E-state index >= 15 is 0 Å². The highest BCUT2D eigenvalue weighted by atomic mass is 16.1. The van der Waals surface area contributed by atoms with Gasteiger partial charge in [-0.1, -0.05) is 6.92 Å². The number of benzene rings is 1. The predicted octanol–water partition coefficient (Wildman–Crippen LogP) is 2.82.